The van der Waals surface area contributed by atoms with Crippen LogP contribution >= 0.6 is 0 Å². The maximum Gasteiger partial charge on any atom is 0.251 e. The number of carbonyl (C=O) groups excluding carboxylic acids is 2. The van der Waals surface area contributed by atoms with Crippen molar-refractivity contribution in [3.8, 4) is 34.1 Å². The molecule has 1 aliphatic rings. The predicted molar refractivity (Wildman–Crippen MR) is 131 cm³/mol. The van der Waals surface area contributed by atoms with Crippen molar-refractivity contribution in [2.24, 2.45) is 0 Å². The van der Waals surface area contributed by atoms with Gasteiger partial charge in [0, 0.05) is 11.6 Å². The van der Waals surface area contributed by atoms with Crippen LogP contribution < -0.4 is 29.6 Å². The first-order valence-electron chi connectivity index (χ1n) is 11.1. The summed E-state index contributed by atoms with van der Waals surface area (Å²) in [5, 5.41) is 10.4. The van der Waals surface area contributed by atoms with E-state index in [1.807, 2.05) is 19.1 Å². The third-order valence-electron chi connectivity index (χ3n) is 5.89. The van der Waals surface area contributed by atoms with E-state index in [4.69, 9.17) is 18.9 Å². The molecule has 0 spiro atoms. The molecule has 10 nitrogen and oxygen atoms in total. The van der Waals surface area contributed by atoms with E-state index in [1.165, 1.54) is 14.2 Å². The number of nitrogens with zero attached hydrogens (tertiary/aromatic N) is 2. The lowest BCUT2D eigenvalue weighted by Crippen LogP contribution is -2.24. The third-order valence-corrected chi connectivity index (χ3v) is 5.89. The molecule has 0 bridgehead atoms. The number of amides is 2. The van der Waals surface area contributed by atoms with Crippen LogP contribution in [0.5, 0.6) is 23.0 Å². The fourth-order valence-corrected chi connectivity index (χ4v) is 4.15. The summed E-state index contributed by atoms with van der Waals surface area (Å²) in [6.07, 6.45) is 0.537. The van der Waals surface area contributed by atoms with Crippen LogP contribution in [0.1, 0.15) is 25.1 Å². The maximum absolute atomic E-state index is 12.9. The van der Waals surface area contributed by atoms with Gasteiger partial charge in [-0.3, -0.25) is 9.59 Å². The average Bonchev–Trinajstić information content (AvgIpc) is 3.38. The Bertz CT molecular complexity index is 1270. The molecule has 0 saturated carbocycles. The summed E-state index contributed by atoms with van der Waals surface area (Å²) < 4.78 is 22.9. The Hall–Kier alpha value is -4.21. The largest absolute Gasteiger partial charge is 0.497 e. The van der Waals surface area contributed by atoms with Gasteiger partial charge in [0.15, 0.2) is 11.5 Å². The maximum atomic E-state index is 12.9. The smallest absolute Gasteiger partial charge is 0.251 e. The van der Waals surface area contributed by atoms with Gasteiger partial charge in [-0.2, -0.15) is 5.10 Å². The number of methoxy groups -OCH3 is 4. The molecular weight excluding hydrogens is 452 g/mol. The quantitative estimate of drug-likeness (QED) is 0.480. The first kappa shape index (κ1) is 23.9. The lowest BCUT2D eigenvalue weighted by Gasteiger charge is -2.13. The van der Waals surface area contributed by atoms with Gasteiger partial charge >= 0.3 is 0 Å². The van der Waals surface area contributed by atoms with Crippen molar-refractivity contribution in [2.75, 3.05) is 39.1 Å². The molecule has 2 aromatic carbocycles. The van der Waals surface area contributed by atoms with Gasteiger partial charge in [0.05, 0.1) is 46.2 Å². The number of aromatic nitrogens is 2. The van der Waals surface area contributed by atoms with Gasteiger partial charge in [-0.15, -0.1) is 0 Å². The summed E-state index contributed by atoms with van der Waals surface area (Å²) in [6, 6.07) is 9.84. The fourth-order valence-electron chi connectivity index (χ4n) is 4.15. The standard InChI is InChI=1S/C25H28N4O6/c1-6-16-23(14-7-9-20(34-4)21(11-14)35-5)24-27-25(31)18(29(24)28-16)13-22(30)26-17-12-15(32-2)8-10-19(17)33-3/h7-12,18H,6,13H2,1-5H3,(H,26,30)(H,27,31). The van der Waals surface area contributed by atoms with Crippen molar-refractivity contribution in [3.63, 3.8) is 0 Å². The number of aryl methyl sites for hydroxylation is 1. The number of rotatable bonds is 9. The average molecular weight is 481 g/mol. The van der Waals surface area contributed by atoms with Crippen LogP contribution in [-0.2, 0) is 16.0 Å². The van der Waals surface area contributed by atoms with Crippen molar-refractivity contribution in [1.29, 1.82) is 0 Å². The van der Waals surface area contributed by atoms with Crippen molar-refractivity contribution < 1.29 is 28.5 Å². The number of fused-ring (bicyclic) bond motifs is 1. The molecule has 2 amide bonds. The molecule has 184 valence electrons. The van der Waals surface area contributed by atoms with Crippen LogP contribution in [0.3, 0.4) is 0 Å². The van der Waals surface area contributed by atoms with E-state index >= 15 is 0 Å². The topological polar surface area (TPSA) is 113 Å². The molecule has 1 unspecified atom stereocenters. The minimum Gasteiger partial charge on any atom is -0.497 e. The van der Waals surface area contributed by atoms with E-state index in [-0.39, 0.29) is 18.2 Å². The molecule has 0 radical (unpaired) electrons. The fraction of sp³-hybridized carbons (Fsp3) is 0.320. The van der Waals surface area contributed by atoms with E-state index in [9.17, 15) is 9.59 Å². The minimum absolute atomic E-state index is 0.102. The lowest BCUT2D eigenvalue weighted by atomic mass is 10.0. The molecular formula is C25H28N4O6. The monoisotopic (exact) mass is 480 g/mol. The highest BCUT2D eigenvalue weighted by molar-refractivity contribution is 6.04. The molecule has 35 heavy (non-hydrogen) atoms. The van der Waals surface area contributed by atoms with Crippen molar-refractivity contribution in [1.82, 2.24) is 9.78 Å². The van der Waals surface area contributed by atoms with E-state index in [0.717, 1.165) is 16.8 Å². The Kier molecular flexibility index (Phi) is 6.81. The Morgan fingerprint density at radius 2 is 1.71 bits per heavy atom. The van der Waals surface area contributed by atoms with Crippen molar-refractivity contribution in [3.05, 3.63) is 42.1 Å². The Balaban J connectivity index is 1.63. The first-order valence-corrected chi connectivity index (χ1v) is 11.1. The molecule has 0 aliphatic carbocycles. The van der Waals surface area contributed by atoms with Crippen LogP contribution in [0.25, 0.3) is 11.1 Å². The molecule has 1 aliphatic heterocycles. The summed E-state index contributed by atoms with van der Waals surface area (Å²) in [7, 11) is 6.19. The molecule has 3 aromatic rings. The Labute approximate surface area is 203 Å². The Morgan fingerprint density at radius 3 is 2.37 bits per heavy atom. The predicted octanol–water partition coefficient (Wildman–Crippen LogP) is 3.67. The normalized spacial score (nSPS) is 14.2. The summed E-state index contributed by atoms with van der Waals surface area (Å²) in [5.74, 6) is 2.12. The second-order valence-electron chi connectivity index (χ2n) is 7.86. The number of benzene rings is 2. The highest BCUT2D eigenvalue weighted by Crippen LogP contribution is 2.41. The van der Waals surface area contributed by atoms with Gasteiger partial charge in [-0.05, 0) is 36.2 Å². The molecule has 2 N–H and O–H groups in total. The van der Waals surface area contributed by atoms with Gasteiger partial charge in [-0.1, -0.05) is 13.0 Å². The minimum atomic E-state index is -0.791. The van der Waals surface area contributed by atoms with Crippen LogP contribution in [-0.4, -0.2) is 50.0 Å². The number of ether oxygens (including phenoxy) is 4. The second kappa shape index (κ2) is 9.96. The van der Waals surface area contributed by atoms with Crippen molar-refractivity contribution in [2.45, 2.75) is 25.8 Å². The number of carbonyl (C=O) groups is 2. The highest BCUT2D eigenvalue weighted by atomic mass is 16.5. The third kappa shape index (κ3) is 4.46. The summed E-state index contributed by atoms with van der Waals surface area (Å²) in [5.41, 5.74) is 2.87. The molecule has 0 fully saturated rings. The van der Waals surface area contributed by atoms with Gasteiger partial charge in [0.25, 0.3) is 5.91 Å². The zero-order valence-electron chi connectivity index (χ0n) is 20.3. The molecule has 10 heteroatoms. The summed E-state index contributed by atoms with van der Waals surface area (Å²) >= 11 is 0. The zero-order valence-corrected chi connectivity index (χ0v) is 20.3. The van der Waals surface area contributed by atoms with E-state index in [0.29, 0.717) is 40.9 Å². The van der Waals surface area contributed by atoms with Gasteiger partial charge in [0.2, 0.25) is 5.91 Å². The second-order valence-corrected chi connectivity index (χ2v) is 7.86. The van der Waals surface area contributed by atoms with Gasteiger partial charge < -0.3 is 29.6 Å². The molecule has 1 atom stereocenters. The molecule has 4 rings (SSSR count). The number of hydrogen-bond acceptors (Lipinski definition) is 7. The summed E-state index contributed by atoms with van der Waals surface area (Å²) in [4.78, 5) is 25.8. The van der Waals surface area contributed by atoms with Crippen LogP contribution in [0.15, 0.2) is 36.4 Å². The summed E-state index contributed by atoms with van der Waals surface area (Å²) in [6.45, 7) is 1.99. The molecule has 2 heterocycles. The van der Waals surface area contributed by atoms with Crippen LogP contribution in [0.4, 0.5) is 11.5 Å². The zero-order chi connectivity index (χ0) is 25.1. The number of anilines is 2. The van der Waals surface area contributed by atoms with Crippen LogP contribution in [0.2, 0.25) is 0 Å². The number of nitrogens with one attached hydrogen (secondary N) is 2. The van der Waals surface area contributed by atoms with Gasteiger partial charge in [0.1, 0.15) is 23.4 Å². The lowest BCUT2D eigenvalue weighted by molar-refractivity contribution is -0.123. The molecule has 0 saturated heterocycles. The molecule has 1 aromatic heterocycles. The van der Waals surface area contributed by atoms with Crippen LogP contribution in [0, 0.1) is 0 Å². The van der Waals surface area contributed by atoms with Gasteiger partial charge in [-0.25, -0.2) is 4.68 Å². The number of hydrogen-bond donors (Lipinski definition) is 2. The highest BCUT2D eigenvalue weighted by Gasteiger charge is 2.37. The van der Waals surface area contributed by atoms with E-state index in [1.54, 1.807) is 43.2 Å². The van der Waals surface area contributed by atoms with E-state index < -0.39 is 6.04 Å². The van der Waals surface area contributed by atoms with Crippen molar-refractivity contribution >= 4 is 23.3 Å². The first-order chi connectivity index (χ1) is 16.9. The Morgan fingerprint density at radius 1 is 1.00 bits per heavy atom. The van der Waals surface area contributed by atoms with E-state index in [2.05, 4.69) is 15.7 Å². The SMILES string of the molecule is CCc1nn2c(c1-c1ccc(OC)c(OC)c1)NC(=O)C2CC(=O)Nc1cc(OC)ccc1OC.